The third-order valence-electron chi connectivity index (χ3n) is 6.10. The molecule has 1 aliphatic rings. The van der Waals surface area contributed by atoms with Gasteiger partial charge in [-0.05, 0) is 35.2 Å². The maximum Gasteiger partial charge on any atom is 0.410 e. The summed E-state index contributed by atoms with van der Waals surface area (Å²) in [6, 6.07) is 15.2. The molecule has 4 rings (SSSR count). The number of esters is 1. The quantitative estimate of drug-likeness (QED) is 0.295. The number of ether oxygens (including phenoxy) is 2. The highest BCUT2D eigenvalue weighted by Crippen LogP contribution is 2.33. The Kier molecular flexibility index (Phi) is 8.16. The summed E-state index contributed by atoms with van der Waals surface area (Å²) in [6.07, 6.45) is 0.247. The van der Waals surface area contributed by atoms with E-state index in [4.69, 9.17) is 50.0 Å². The van der Waals surface area contributed by atoms with E-state index in [1.807, 2.05) is 69.3 Å². The van der Waals surface area contributed by atoms with Crippen LogP contribution in [0.15, 0.2) is 48.5 Å². The predicted octanol–water partition coefficient (Wildman–Crippen LogP) is 5.97. The van der Waals surface area contributed by atoms with Crippen LogP contribution >= 0.6 is 34.8 Å². The minimum absolute atomic E-state index is 0.0612. The number of alkyl halides is 3. The average molecular weight is 580 g/mol. The van der Waals surface area contributed by atoms with Gasteiger partial charge in [0.2, 0.25) is 3.79 Å². The minimum Gasteiger partial charge on any atom is -0.456 e. The van der Waals surface area contributed by atoms with Crippen molar-refractivity contribution in [2.24, 2.45) is 0 Å². The molecular weight excluding hydrogens is 551 g/mol. The first-order chi connectivity index (χ1) is 17.8. The summed E-state index contributed by atoms with van der Waals surface area (Å²) in [7, 11) is 0. The van der Waals surface area contributed by atoms with Crippen molar-refractivity contribution in [3.63, 3.8) is 0 Å². The van der Waals surface area contributed by atoms with Gasteiger partial charge in [0, 0.05) is 18.5 Å². The van der Waals surface area contributed by atoms with Crippen LogP contribution in [0.5, 0.6) is 0 Å². The summed E-state index contributed by atoms with van der Waals surface area (Å²) in [4.78, 5) is 27.3. The normalized spacial score (nSPS) is 13.7. The van der Waals surface area contributed by atoms with Gasteiger partial charge in [-0.3, -0.25) is 0 Å². The van der Waals surface area contributed by atoms with Crippen molar-refractivity contribution in [1.29, 1.82) is 0 Å². The van der Waals surface area contributed by atoms with Crippen LogP contribution in [-0.2, 0) is 34.5 Å². The number of fused-ring (bicyclic) bond motifs is 1. The zero-order valence-corrected chi connectivity index (χ0v) is 23.6. The highest BCUT2D eigenvalue weighted by Gasteiger charge is 2.32. The number of hydrogen-bond donors (Lipinski definition) is 1. The van der Waals surface area contributed by atoms with Gasteiger partial charge < -0.3 is 20.1 Å². The molecule has 0 saturated heterocycles. The molecule has 1 amide bonds. The van der Waals surface area contributed by atoms with Crippen molar-refractivity contribution in [2.75, 3.05) is 18.9 Å². The van der Waals surface area contributed by atoms with E-state index < -0.39 is 21.8 Å². The van der Waals surface area contributed by atoms with E-state index in [-0.39, 0.29) is 24.1 Å². The van der Waals surface area contributed by atoms with Crippen molar-refractivity contribution >= 4 is 52.6 Å². The Morgan fingerprint density at radius 1 is 1.03 bits per heavy atom. The predicted molar refractivity (Wildman–Crippen MR) is 148 cm³/mol. The second-order valence-corrected chi connectivity index (χ2v) is 12.6. The molecule has 1 aliphatic heterocycles. The van der Waals surface area contributed by atoms with Crippen molar-refractivity contribution in [2.45, 2.75) is 49.6 Å². The third-order valence-corrected chi connectivity index (χ3v) is 6.43. The highest BCUT2D eigenvalue weighted by atomic mass is 35.6. The van der Waals surface area contributed by atoms with Crippen LogP contribution in [0, 0.1) is 0 Å². The number of carbonyl (C=O) groups excluding carboxylic acids is 2. The van der Waals surface area contributed by atoms with Crippen LogP contribution in [0.2, 0.25) is 0 Å². The molecule has 0 saturated carbocycles. The van der Waals surface area contributed by atoms with E-state index >= 15 is 0 Å². The number of nitrogens with zero attached hydrogens (tertiary/aromatic N) is 3. The number of hydrogen-bond acceptors (Lipinski definition) is 6. The molecule has 38 heavy (non-hydrogen) atoms. The first-order valence-corrected chi connectivity index (χ1v) is 13.2. The second-order valence-electron chi connectivity index (χ2n) is 10.1. The van der Waals surface area contributed by atoms with E-state index in [0.29, 0.717) is 30.9 Å². The summed E-state index contributed by atoms with van der Waals surface area (Å²) < 4.78 is 10.4. The standard InChI is InChI=1S/C27H29Cl3N4O4/c1-26(2,3)23-21(31)22(24(35)38-16-27(28,29)30)34(32-23)20-10-9-19-14-33(12-11-18(19)13-20)25(36)37-15-17-7-5-4-6-8-17/h4-10,13H,11-12,14-16,31H2,1-3H3. The number of rotatable bonds is 5. The fourth-order valence-electron chi connectivity index (χ4n) is 4.22. The number of nitrogen functional groups attached to an aromatic ring is 1. The fourth-order valence-corrected chi connectivity index (χ4v) is 4.38. The SMILES string of the molecule is CC(C)(C)c1nn(-c2ccc3c(c2)CCN(C(=O)OCc2ccccc2)C3)c(C(=O)OCC(Cl)(Cl)Cl)c1N. The van der Waals surface area contributed by atoms with Gasteiger partial charge in [-0.1, -0.05) is 92.0 Å². The third kappa shape index (κ3) is 6.54. The summed E-state index contributed by atoms with van der Waals surface area (Å²) >= 11 is 17.3. The molecule has 202 valence electrons. The zero-order chi connectivity index (χ0) is 27.7. The maximum absolute atomic E-state index is 13.0. The molecule has 2 heterocycles. The average Bonchev–Trinajstić information content (AvgIpc) is 3.23. The molecule has 3 aromatic rings. The summed E-state index contributed by atoms with van der Waals surface area (Å²) in [5.41, 5.74) is 10.3. The molecule has 0 aliphatic carbocycles. The number of nitrogens with two attached hydrogens (primary N) is 1. The topological polar surface area (TPSA) is 99.7 Å². The van der Waals surface area contributed by atoms with Crippen LogP contribution in [-0.4, -0.2) is 43.7 Å². The van der Waals surface area contributed by atoms with Crippen LogP contribution in [0.1, 0.15) is 53.6 Å². The lowest BCUT2D eigenvalue weighted by atomic mass is 9.91. The first-order valence-electron chi connectivity index (χ1n) is 12.0. The zero-order valence-electron chi connectivity index (χ0n) is 21.3. The van der Waals surface area contributed by atoms with Gasteiger partial charge in [0.25, 0.3) is 0 Å². The molecule has 2 N–H and O–H groups in total. The van der Waals surface area contributed by atoms with Crippen LogP contribution < -0.4 is 5.73 Å². The molecule has 0 radical (unpaired) electrons. The second kappa shape index (κ2) is 11.0. The molecular formula is C27H29Cl3N4O4. The van der Waals surface area contributed by atoms with Crippen LogP contribution in [0.4, 0.5) is 10.5 Å². The summed E-state index contributed by atoms with van der Waals surface area (Å²) in [5, 5.41) is 4.67. The Balaban J connectivity index is 1.56. The Morgan fingerprint density at radius 2 is 1.74 bits per heavy atom. The largest absolute Gasteiger partial charge is 0.456 e. The van der Waals surface area contributed by atoms with Crippen LogP contribution in [0.25, 0.3) is 5.69 Å². The Bertz CT molecular complexity index is 1330. The molecule has 8 nitrogen and oxygen atoms in total. The molecule has 11 heteroatoms. The number of anilines is 1. The van der Waals surface area contributed by atoms with E-state index in [1.165, 1.54) is 4.68 Å². The van der Waals surface area contributed by atoms with Gasteiger partial charge >= 0.3 is 12.1 Å². The molecule has 0 fully saturated rings. The van der Waals surface area contributed by atoms with Gasteiger partial charge in [-0.15, -0.1) is 0 Å². The first kappa shape index (κ1) is 28.1. The summed E-state index contributed by atoms with van der Waals surface area (Å²) in [6.45, 7) is 6.54. The smallest absolute Gasteiger partial charge is 0.410 e. The van der Waals surface area contributed by atoms with Gasteiger partial charge in [-0.2, -0.15) is 5.10 Å². The van der Waals surface area contributed by atoms with E-state index in [0.717, 1.165) is 16.7 Å². The van der Waals surface area contributed by atoms with Gasteiger partial charge in [-0.25, -0.2) is 14.3 Å². The van der Waals surface area contributed by atoms with E-state index in [2.05, 4.69) is 5.10 Å². The number of carbonyl (C=O) groups is 2. The number of halogens is 3. The molecule has 2 aromatic carbocycles. The lowest BCUT2D eigenvalue weighted by Gasteiger charge is -2.28. The van der Waals surface area contributed by atoms with Crippen molar-refractivity contribution in [1.82, 2.24) is 14.7 Å². The molecule has 0 unspecified atom stereocenters. The Morgan fingerprint density at radius 3 is 2.39 bits per heavy atom. The van der Waals surface area contributed by atoms with Crippen molar-refractivity contribution in [3.05, 3.63) is 76.6 Å². The van der Waals surface area contributed by atoms with Crippen LogP contribution in [0.3, 0.4) is 0 Å². The maximum atomic E-state index is 13.0. The minimum atomic E-state index is -1.76. The lowest BCUT2D eigenvalue weighted by molar-refractivity contribution is 0.0502. The monoisotopic (exact) mass is 578 g/mol. The molecule has 0 spiro atoms. The Labute approximate surface area is 236 Å². The Hall–Kier alpha value is -2.94. The fraction of sp³-hybridized carbons (Fsp3) is 0.370. The van der Waals surface area contributed by atoms with Crippen molar-refractivity contribution in [3.8, 4) is 5.69 Å². The van der Waals surface area contributed by atoms with E-state index in [1.54, 1.807) is 4.90 Å². The van der Waals surface area contributed by atoms with Gasteiger partial charge in [0.15, 0.2) is 5.69 Å². The number of amides is 1. The van der Waals surface area contributed by atoms with Crippen molar-refractivity contribution < 1.29 is 19.1 Å². The van der Waals surface area contributed by atoms with E-state index in [9.17, 15) is 9.59 Å². The van der Waals surface area contributed by atoms with Gasteiger partial charge in [0.1, 0.15) is 13.2 Å². The summed E-state index contributed by atoms with van der Waals surface area (Å²) in [5.74, 6) is -0.748. The molecule has 1 aromatic heterocycles. The molecule has 0 bridgehead atoms. The molecule has 0 atom stereocenters. The number of benzene rings is 2. The highest BCUT2D eigenvalue weighted by molar-refractivity contribution is 6.67. The lowest BCUT2D eigenvalue weighted by Crippen LogP contribution is -2.36. The number of aromatic nitrogens is 2. The van der Waals surface area contributed by atoms with Gasteiger partial charge in [0.05, 0.1) is 17.1 Å².